The van der Waals surface area contributed by atoms with Crippen molar-refractivity contribution in [3.8, 4) is 0 Å². The average molecular weight is 502 g/mol. The van der Waals surface area contributed by atoms with Gasteiger partial charge in [-0.25, -0.2) is 0 Å². The molecule has 5 rings (SSSR count). The van der Waals surface area contributed by atoms with Gasteiger partial charge in [-0.05, 0) is 47.0 Å². The molecule has 0 radical (unpaired) electrons. The number of anilines is 2. The number of rotatable bonds is 7. The standard InChI is InChI=1S/C33H31N3O2/c37-31(21-16-26-10-4-1-5-11-26)36-24-22-35(23-25-36)30-19-17-29(18-20-30)34-33(38)32(27-12-6-2-7-13-27)28-14-8-3-9-15-28/h1-21,32H,22-25H2,(H,34,38)/b21-16+. The van der Waals surface area contributed by atoms with Crippen molar-refractivity contribution in [2.24, 2.45) is 0 Å². The maximum Gasteiger partial charge on any atom is 0.246 e. The monoisotopic (exact) mass is 501 g/mol. The van der Waals surface area contributed by atoms with Crippen LogP contribution in [0.25, 0.3) is 6.08 Å². The highest BCUT2D eigenvalue weighted by molar-refractivity contribution is 5.98. The summed E-state index contributed by atoms with van der Waals surface area (Å²) in [5.41, 5.74) is 4.77. The van der Waals surface area contributed by atoms with Crippen molar-refractivity contribution in [3.63, 3.8) is 0 Å². The zero-order chi connectivity index (χ0) is 26.2. The molecule has 1 heterocycles. The molecular formula is C33H31N3O2. The summed E-state index contributed by atoms with van der Waals surface area (Å²) < 4.78 is 0. The molecule has 1 aliphatic rings. The highest BCUT2D eigenvalue weighted by Gasteiger charge is 2.23. The Labute approximate surface area is 224 Å². The minimum absolute atomic E-state index is 0.0398. The number of hydrogen-bond acceptors (Lipinski definition) is 3. The molecule has 0 spiro atoms. The molecule has 1 saturated heterocycles. The van der Waals surface area contributed by atoms with Crippen LogP contribution in [0.1, 0.15) is 22.6 Å². The third-order valence-electron chi connectivity index (χ3n) is 6.84. The molecule has 190 valence electrons. The first-order chi connectivity index (χ1) is 18.7. The molecule has 0 bridgehead atoms. The molecular weight excluding hydrogens is 470 g/mol. The predicted molar refractivity (Wildman–Crippen MR) is 154 cm³/mol. The van der Waals surface area contributed by atoms with Crippen LogP contribution in [0.2, 0.25) is 0 Å². The maximum atomic E-state index is 13.4. The molecule has 1 aliphatic heterocycles. The van der Waals surface area contributed by atoms with E-state index in [1.807, 2.05) is 126 Å². The van der Waals surface area contributed by atoms with Crippen LogP contribution in [0, 0.1) is 0 Å². The molecule has 1 N–H and O–H groups in total. The van der Waals surface area contributed by atoms with Gasteiger partial charge < -0.3 is 15.1 Å². The molecule has 0 aliphatic carbocycles. The predicted octanol–water partition coefficient (Wildman–Crippen LogP) is 5.82. The first-order valence-corrected chi connectivity index (χ1v) is 13.0. The van der Waals surface area contributed by atoms with E-state index in [0.717, 1.165) is 41.2 Å². The summed E-state index contributed by atoms with van der Waals surface area (Å²) >= 11 is 0. The Bertz CT molecular complexity index is 1320. The Balaban J connectivity index is 1.19. The van der Waals surface area contributed by atoms with Crippen LogP contribution in [0.15, 0.2) is 121 Å². The van der Waals surface area contributed by atoms with Crippen LogP contribution in [-0.2, 0) is 9.59 Å². The third-order valence-corrected chi connectivity index (χ3v) is 6.84. The Morgan fingerprint density at radius 1 is 0.658 bits per heavy atom. The highest BCUT2D eigenvalue weighted by Crippen LogP contribution is 2.27. The maximum absolute atomic E-state index is 13.4. The highest BCUT2D eigenvalue weighted by atomic mass is 16.2. The quantitative estimate of drug-likeness (QED) is 0.325. The van der Waals surface area contributed by atoms with Gasteiger partial charge in [-0.1, -0.05) is 91.0 Å². The summed E-state index contributed by atoms with van der Waals surface area (Å²) in [5, 5.41) is 3.10. The lowest BCUT2D eigenvalue weighted by atomic mass is 9.90. The minimum atomic E-state index is -0.390. The summed E-state index contributed by atoms with van der Waals surface area (Å²) in [6.45, 7) is 2.87. The van der Waals surface area contributed by atoms with Gasteiger partial charge in [-0.15, -0.1) is 0 Å². The number of piperazine rings is 1. The van der Waals surface area contributed by atoms with Gasteiger partial charge in [-0.3, -0.25) is 9.59 Å². The summed E-state index contributed by atoms with van der Waals surface area (Å²) in [6.07, 6.45) is 3.52. The summed E-state index contributed by atoms with van der Waals surface area (Å²) in [7, 11) is 0. The van der Waals surface area contributed by atoms with Gasteiger partial charge in [0.15, 0.2) is 0 Å². The number of carbonyl (C=O) groups excluding carboxylic acids is 2. The number of hydrogen-bond donors (Lipinski definition) is 1. The van der Waals surface area contributed by atoms with E-state index in [1.54, 1.807) is 6.08 Å². The lowest BCUT2D eigenvalue weighted by Gasteiger charge is -2.35. The second-order valence-corrected chi connectivity index (χ2v) is 9.35. The van der Waals surface area contributed by atoms with E-state index in [9.17, 15) is 9.59 Å². The van der Waals surface area contributed by atoms with Crippen molar-refractivity contribution >= 4 is 29.3 Å². The fraction of sp³-hybridized carbons (Fsp3) is 0.152. The first-order valence-electron chi connectivity index (χ1n) is 13.0. The van der Waals surface area contributed by atoms with Crippen LogP contribution in [0.3, 0.4) is 0 Å². The summed E-state index contributed by atoms with van der Waals surface area (Å²) in [5.74, 6) is -0.414. The van der Waals surface area contributed by atoms with Crippen LogP contribution in [-0.4, -0.2) is 42.9 Å². The number of amides is 2. The Hall–Kier alpha value is -4.64. The van der Waals surface area contributed by atoms with Gasteiger partial charge in [0.2, 0.25) is 11.8 Å². The van der Waals surface area contributed by atoms with Crippen molar-refractivity contribution in [1.29, 1.82) is 0 Å². The lowest BCUT2D eigenvalue weighted by molar-refractivity contribution is -0.126. The largest absolute Gasteiger partial charge is 0.368 e. The van der Waals surface area contributed by atoms with E-state index in [1.165, 1.54) is 0 Å². The van der Waals surface area contributed by atoms with E-state index in [-0.39, 0.29) is 11.8 Å². The van der Waals surface area contributed by atoms with Gasteiger partial charge in [0.1, 0.15) is 0 Å². The van der Waals surface area contributed by atoms with Crippen LogP contribution in [0.4, 0.5) is 11.4 Å². The Morgan fingerprint density at radius 2 is 1.18 bits per heavy atom. The normalized spacial score (nSPS) is 13.6. The molecule has 0 atom stereocenters. The van der Waals surface area contributed by atoms with Crippen molar-refractivity contribution < 1.29 is 9.59 Å². The van der Waals surface area contributed by atoms with Crippen LogP contribution < -0.4 is 10.2 Å². The van der Waals surface area contributed by atoms with E-state index >= 15 is 0 Å². The fourth-order valence-electron chi connectivity index (χ4n) is 4.78. The molecule has 0 aromatic heterocycles. The topological polar surface area (TPSA) is 52.7 Å². The molecule has 4 aromatic carbocycles. The SMILES string of the molecule is O=C(Nc1ccc(N2CCN(C(=O)/C=C/c3ccccc3)CC2)cc1)C(c1ccccc1)c1ccccc1. The van der Waals surface area contributed by atoms with Crippen LogP contribution in [0.5, 0.6) is 0 Å². The molecule has 5 heteroatoms. The van der Waals surface area contributed by atoms with Crippen LogP contribution >= 0.6 is 0 Å². The third kappa shape index (κ3) is 6.19. The summed E-state index contributed by atoms with van der Waals surface area (Å²) in [6, 6.07) is 37.5. The lowest BCUT2D eigenvalue weighted by Crippen LogP contribution is -2.48. The van der Waals surface area contributed by atoms with Gasteiger partial charge in [-0.2, -0.15) is 0 Å². The zero-order valence-electron chi connectivity index (χ0n) is 21.2. The second kappa shape index (κ2) is 12.1. The van der Waals surface area contributed by atoms with E-state index < -0.39 is 5.92 Å². The second-order valence-electron chi connectivity index (χ2n) is 9.35. The van der Waals surface area contributed by atoms with Crippen molar-refractivity contribution in [2.75, 3.05) is 36.4 Å². The number of carbonyl (C=O) groups is 2. The molecule has 38 heavy (non-hydrogen) atoms. The molecule has 2 amide bonds. The zero-order valence-corrected chi connectivity index (χ0v) is 21.2. The first kappa shape index (κ1) is 25.0. The van der Waals surface area contributed by atoms with E-state index in [2.05, 4.69) is 10.2 Å². The molecule has 1 fully saturated rings. The van der Waals surface area contributed by atoms with E-state index in [0.29, 0.717) is 13.1 Å². The average Bonchev–Trinajstić information content (AvgIpc) is 2.98. The molecule has 5 nitrogen and oxygen atoms in total. The number of nitrogens with zero attached hydrogens (tertiary/aromatic N) is 2. The number of benzene rings is 4. The number of nitrogens with one attached hydrogen (secondary N) is 1. The van der Waals surface area contributed by atoms with E-state index in [4.69, 9.17) is 0 Å². The van der Waals surface area contributed by atoms with Gasteiger partial charge in [0.05, 0.1) is 5.92 Å². The summed E-state index contributed by atoms with van der Waals surface area (Å²) in [4.78, 5) is 30.1. The minimum Gasteiger partial charge on any atom is -0.368 e. The smallest absolute Gasteiger partial charge is 0.246 e. The van der Waals surface area contributed by atoms with Crippen molar-refractivity contribution in [1.82, 2.24) is 4.90 Å². The van der Waals surface area contributed by atoms with Gasteiger partial charge >= 0.3 is 0 Å². The van der Waals surface area contributed by atoms with Gasteiger partial charge in [0.25, 0.3) is 0 Å². The van der Waals surface area contributed by atoms with Gasteiger partial charge in [0, 0.05) is 43.6 Å². The molecule has 0 unspecified atom stereocenters. The molecule has 4 aromatic rings. The fourth-order valence-corrected chi connectivity index (χ4v) is 4.78. The molecule has 0 saturated carbocycles. The Kier molecular flexibility index (Phi) is 7.95. The van der Waals surface area contributed by atoms with Crippen molar-refractivity contribution in [3.05, 3.63) is 138 Å². The Morgan fingerprint density at radius 3 is 1.74 bits per heavy atom. The van der Waals surface area contributed by atoms with Crippen molar-refractivity contribution in [2.45, 2.75) is 5.92 Å².